The predicted molar refractivity (Wildman–Crippen MR) is 293 cm³/mol. The summed E-state index contributed by atoms with van der Waals surface area (Å²) in [6.45, 7) is 6.43. The molecule has 0 aromatic carbocycles. The lowest BCUT2D eigenvalue weighted by Gasteiger charge is -2.18. The lowest BCUT2D eigenvalue weighted by molar-refractivity contribution is -0.167. The second kappa shape index (κ2) is 55.7. The van der Waals surface area contributed by atoms with Gasteiger partial charge in [0.05, 0.1) is 0 Å². The first-order valence-electron chi connectivity index (χ1n) is 27.9. The summed E-state index contributed by atoms with van der Waals surface area (Å²) < 4.78 is 16.7. The summed E-state index contributed by atoms with van der Waals surface area (Å²) in [5, 5.41) is 0. The van der Waals surface area contributed by atoms with Gasteiger partial charge in [0.2, 0.25) is 0 Å². The maximum Gasteiger partial charge on any atom is 0.306 e. The molecule has 0 heterocycles. The van der Waals surface area contributed by atoms with Gasteiger partial charge in [-0.15, -0.1) is 0 Å². The number of allylic oxidation sites excluding steroid dienone is 18. The third-order valence-corrected chi connectivity index (χ3v) is 11.5. The Morgan fingerprint density at radius 2 is 0.574 bits per heavy atom. The standard InChI is InChI=1S/C62H102O6/c1-4-7-10-13-16-18-20-21-22-23-24-25-26-27-28-29-30-31-32-33-34-35-36-37-38-39-40-41-43-44-46-49-52-55-61(64)67-58-59(57-66-60(63)54-51-48-15-12-9-6-3)68-62(65)56-53-50-47-45-42-19-17-14-11-8-5-2/h7,10,16,18,21-22,24-25,27-28,30-31,33-34,36-37,39-40,59H,4-6,8-9,11-15,17,19-20,23,26,29,32,35,38,41-58H2,1-3H3/b10-7-,18-16-,22-21-,25-24-,28-27-,31-30-,34-33-,37-36-,40-39-. The smallest absolute Gasteiger partial charge is 0.306 e. The first-order valence-corrected chi connectivity index (χ1v) is 27.9. The maximum atomic E-state index is 12.7. The fraction of sp³-hybridized carbons (Fsp3) is 0.661. The highest BCUT2D eigenvalue weighted by molar-refractivity contribution is 5.71. The second-order valence-electron chi connectivity index (χ2n) is 18.1. The van der Waals surface area contributed by atoms with E-state index in [4.69, 9.17) is 14.2 Å². The highest BCUT2D eigenvalue weighted by atomic mass is 16.6. The molecule has 0 aliphatic carbocycles. The molecule has 0 radical (unpaired) electrons. The Balaban J connectivity index is 4.12. The van der Waals surface area contributed by atoms with Gasteiger partial charge >= 0.3 is 17.9 Å². The third kappa shape index (κ3) is 53.0. The molecule has 0 aliphatic heterocycles. The number of hydrogen-bond acceptors (Lipinski definition) is 6. The minimum atomic E-state index is -0.780. The van der Waals surface area contributed by atoms with E-state index in [0.29, 0.717) is 19.3 Å². The summed E-state index contributed by atoms with van der Waals surface area (Å²) in [7, 11) is 0. The van der Waals surface area contributed by atoms with Crippen LogP contribution in [0, 0.1) is 0 Å². The summed E-state index contributed by atoms with van der Waals surface area (Å²) in [5.74, 6) is -0.916. The number of unbranched alkanes of at least 4 members (excludes halogenated alkanes) is 20. The minimum Gasteiger partial charge on any atom is -0.462 e. The van der Waals surface area contributed by atoms with E-state index in [1.807, 2.05) is 0 Å². The van der Waals surface area contributed by atoms with E-state index in [1.54, 1.807) is 0 Å². The van der Waals surface area contributed by atoms with Crippen LogP contribution in [0.25, 0.3) is 0 Å². The van der Waals surface area contributed by atoms with Crippen LogP contribution in [0.5, 0.6) is 0 Å². The Labute approximate surface area is 419 Å². The molecule has 6 heteroatoms. The fourth-order valence-corrected chi connectivity index (χ4v) is 7.37. The van der Waals surface area contributed by atoms with Gasteiger partial charge in [-0.25, -0.2) is 0 Å². The van der Waals surface area contributed by atoms with Gasteiger partial charge in [-0.3, -0.25) is 14.4 Å². The molecule has 0 amide bonds. The Kier molecular flexibility index (Phi) is 52.4. The number of carbonyl (C=O) groups is 3. The van der Waals surface area contributed by atoms with Crippen molar-refractivity contribution in [1.82, 2.24) is 0 Å². The van der Waals surface area contributed by atoms with Gasteiger partial charge in [0, 0.05) is 19.3 Å². The highest BCUT2D eigenvalue weighted by Gasteiger charge is 2.19. The van der Waals surface area contributed by atoms with Crippen molar-refractivity contribution in [3.8, 4) is 0 Å². The molecular weight excluding hydrogens is 841 g/mol. The number of ether oxygens (including phenoxy) is 3. The monoisotopic (exact) mass is 943 g/mol. The zero-order valence-electron chi connectivity index (χ0n) is 44.1. The Bertz CT molecular complexity index is 1410. The Morgan fingerprint density at radius 3 is 0.897 bits per heavy atom. The average molecular weight is 943 g/mol. The molecule has 0 rings (SSSR count). The minimum absolute atomic E-state index is 0.0830. The van der Waals surface area contributed by atoms with Crippen LogP contribution >= 0.6 is 0 Å². The molecule has 68 heavy (non-hydrogen) atoms. The molecule has 0 saturated carbocycles. The topological polar surface area (TPSA) is 78.9 Å². The van der Waals surface area contributed by atoms with Gasteiger partial charge in [-0.05, 0) is 89.9 Å². The zero-order valence-corrected chi connectivity index (χ0v) is 44.1. The normalized spacial score (nSPS) is 12.9. The first-order chi connectivity index (χ1) is 33.5. The molecule has 0 aromatic heterocycles. The average Bonchev–Trinajstić information content (AvgIpc) is 3.34. The SMILES string of the molecule is CC/C=C\C/C=C\C/C=C\C/C=C\C/C=C\C/C=C\C/C=C\C/C=C\C/C=C\CCCCCCCC(=O)OCC(COC(=O)CCCCCCCC)OC(=O)CCCCCCCCCCCCC. The Morgan fingerprint density at radius 1 is 0.309 bits per heavy atom. The van der Waals surface area contributed by atoms with Crippen molar-refractivity contribution >= 4 is 17.9 Å². The summed E-state index contributed by atoms with van der Waals surface area (Å²) >= 11 is 0. The van der Waals surface area contributed by atoms with Crippen molar-refractivity contribution in [3.05, 3.63) is 109 Å². The van der Waals surface area contributed by atoms with Gasteiger partial charge in [0.1, 0.15) is 13.2 Å². The first kappa shape index (κ1) is 64.1. The van der Waals surface area contributed by atoms with Crippen LogP contribution in [0.2, 0.25) is 0 Å². The number of hydrogen-bond donors (Lipinski definition) is 0. The second-order valence-corrected chi connectivity index (χ2v) is 18.1. The number of carbonyl (C=O) groups excluding carboxylic acids is 3. The van der Waals surface area contributed by atoms with Crippen molar-refractivity contribution in [2.24, 2.45) is 0 Å². The van der Waals surface area contributed by atoms with E-state index in [2.05, 4.69) is 130 Å². The molecule has 1 unspecified atom stereocenters. The molecule has 0 N–H and O–H groups in total. The van der Waals surface area contributed by atoms with E-state index in [9.17, 15) is 14.4 Å². The molecule has 6 nitrogen and oxygen atoms in total. The van der Waals surface area contributed by atoms with Gasteiger partial charge in [-0.2, -0.15) is 0 Å². The summed E-state index contributed by atoms with van der Waals surface area (Å²) in [6.07, 6.45) is 75.4. The van der Waals surface area contributed by atoms with Gasteiger partial charge in [0.25, 0.3) is 0 Å². The van der Waals surface area contributed by atoms with Crippen LogP contribution in [0.15, 0.2) is 109 Å². The largest absolute Gasteiger partial charge is 0.462 e. The van der Waals surface area contributed by atoms with Crippen LogP contribution in [0.3, 0.4) is 0 Å². The fourth-order valence-electron chi connectivity index (χ4n) is 7.37. The van der Waals surface area contributed by atoms with E-state index < -0.39 is 6.10 Å². The van der Waals surface area contributed by atoms with E-state index in [-0.39, 0.29) is 31.1 Å². The molecule has 0 saturated heterocycles. The van der Waals surface area contributed by atoms with Gasteiger partial charge in [0.15, 0.2) is 6.10 Å². The summed E-state index contributed by atoms with van der Waals surface area (Å²) in [6, 6.07) is 0. The summed E-state index contributed by atoms with van der Waals surface area (Å²) in [4.78, 5) is 37.7. The highest BCUT2D eigenvalue weighted by Crippen LogP contribution is 2.14. The molecular formula is C62H102O6. The lowest BCUT2D eigenvalue weighted by atomic mass is 10.1. The summed E-state index contributed by atoms with van der Waals surface area (Å²) in [5.41, 5.74) is 0. The van der Waals surface area contributed by atoms with E-state index in [1.165, 1.54) is 70.6 Å². The molecule has 0 fully saturated rings. The zero-order chi connectivity index (χ0) is 49.3. The maximum absolute atomic E-state index is 12.7. The number of esters is 3. The van der Waals surface area contributed by atoms with Crippen LogP contribution in [-0.2, 0) is 28.6 Å². The van der Waals surface area contributed by atoms with Gasteiger partial charge < -0.3 is 14.2 Å². The quantitative estimate of drug-likeness (QED) is 0.0262. The Hall–Kier alpha value is -3.93. The van der Waals surface area contributed by atoms with Gasteiger partial charge in [-0.1, -0.05) is 246 Å². The van der Waals surface area contributed by atoms with Crippen molar-refractivity contribution in [1.29, 1.82) is 0 Å². The molecule has 0 aromatic rings. The molecule has 0 bridgehead atoms. The third-order valence-electron chi connectivity index (χ3n) is 11.5. The molecule has 0 spiro atoms. The molecule has 0 aliphatic rings. The van der Waals surface area contributed by atoms with Crippen molar-refractivity contribution < 1.29 is 28.6 Å². The van der Waals surface area contributed by atoms with Crippen LogP contribution in [0.1, 0.15) is 245 Å². The molecule has 386 valence electrons. The van der Waals surface area contributed by atoms with Crippen molar-refractivity contribution in [2.75, 3.05) is 13.2 Å². The molecule has 1 atom stereocenters. The number of rotatable bonds is 49. The van der Waals surface area contributed by atoms with Crippen molar-refractivity contribution in [3.63, 3.8) is 0 Å². The predicted octanol–water partition coefficient (Wildman–Crippen LogP) is 18.7. The van der Waals surface area contributed by atoms with E-state index >= 15 is 0 Å². The van der Waals surface area contributed by atoms with Crippen LogP contribution in [0.4, 0.5) is 0 Å². The van der Waals surface area contributed by atoms with Crippen LogP contribution < -0.4 is 0 Å². The van der Waals surface area contributed by atoms with Crippen LogP contribution in [-0.4, -0.2) is 37.2 Å². The van der Waals surface area contributed by atoms with E-state index in [0.717, 1.165) is 135 Å². The lowest BCUT2D eigenvalue weighted by Crippen LogP contribution is -2.30. The van der Waals surface area contributed by atoms with Crippen molar-refractivity contribution in [2.45, 2.75) is 252 Å².